The van der Waals surface area contributed by atoms with Crippen LogP contribution in [-0.4, -0.2) is 51.6 Å². The monoisotopic (exact) mass is 465 g/mol. The standard InChI is InChI=1S/C24H27N5O3S/c1-17-4-7-19(8-5-17)29-23(26-27-28-29)33-15-22(30)25-16-24(10-2-3-11-24)18-6-9-20-21(14-18)32-13-12-31-20/h4-9,14H,2-3,10-13,15-16H2,1H3,(H,25,30). The summed E-state index contributed by atoms with van der Waals surface area (Å²) in [6.45, 7) is 3.79. The number of carbonyl (C=O) groups is 1. The maximum Gasteiger partial charge on any atom is 0.230 e. The van der Waals surface area contributed by atoms with Crippen molar-refractivity contribution in [3.05, 3.63) is 53.6 Å². The highest BCUT2D eigenvalue weighted by Gasteiger charge is 2.36. The van der Waals surface area contributed by atoms with Gasteiger partial charge >= 0.3 is 0 Å². The number of rotatable bonds is 7. The molecule has 9 heteroatoms. The van der Waals surface area contributed by atoms with Gasteiger partial charge in [-0.25, -0.2) is 0 Å². The molecule has 8 nitrogen and oxygen atoms in total. The lowest BCUT2D eigenvalue weighted by Gasteiger charge is -2.31. The number of nitrogens with one attached hydrogen (secondary N) is 1. The van der Waals surface area contributed by atoms with Gasteiger partial charge < -0.3 is 14.8 Å². The molecule has 1 aliphatic carbocycles. The fourth-order valence-electron chi connectivity index (χ4n) is 4.56. The molecule has 2 heterocycles. The SMILES string of the molecule is Cc1ccc(-n2nnnc2SCC(=O)NCC2(c3ccc4c(c3)OCCO4)CCCC2)cc1. The number of hydrogen-bond donors (Lipinski definition) is 1. The molecule has 0 bridgehead atoms. The van der Waals surface area contributed by atoms with Crippen LogP contribution in [0.15, 0.2) is 47.6 Å². The molecule has 1 N–H and O–H groups in total. The van der Waals surface area contributed by atoms with Gasteiger partial charge in [0.15, 0.2) is 11.5 Å². The normalized spacial score (nSPS) is 16.5. The van der Waals surface area contributed by atoms with Crippen molar-refractivity contribution >= 4 is 17.7 Å². The number of aryl methyl sites for hydroxylation is 1. The van der Waals surface area contributed by atoms with E-state index in [4.69, 9.17) is 9.47 Å². The second-order valence-electron chi connectivity index (χ2n) is 8.62. The van der Waals surface area contributed by atoms with Gasteiger partial charge in [-0.2, -0.15) is 4.68 Å². The fourth-order valence-corrected chi connectivity index (χ4v) is 5.28. The predicted octanol–water partition coefficient (Wildman–Crippen LogP) is 3.46. The van der Waals surface area contributed by atoms with E-state index >= 15 is 0 Å². The van der Waals surface area contributed by atoms with E-state index in [1.54, 1.807) is 4.68 Å². The Kier molecular flexibility index (Phi) is 6.22. The van der Waals surface area contributed by atoms with E-state index in [2.05, 4.69) is 33.0 Å². The number of hydrogen-bond acceptors (Lipinski definition) is 7. The van der Waals surface area contributed by atoms with Gasteiger partial charge in [0.25, 0.3) is 0 Å². The van der Waals surface area contributed by atoms with Crippen LogP contribution in [0.5, 0.6) is 11.5 Å². The average Bonchev–Trinajstić information content (AvgIpc) is 3.52. The van der Waals surface area contributed by atoms with E-state index < -0.39 is 0 Å². The molecule has 0 saturated heterocycles. The van der Waals surface area contributed by atoms with E-state index in [9.17, 15) is 4.79 Å². The molecule has 1 fully saturated rings. The molecule has 5 rings (SSSR count). The number of benzene rings is 2. The van der Waals surface area contributed by atoms with E-state index in [-0.39, 0.29) is 17.1 Å². The quantitative estimate of drug-likeness (QED) is 0.534. The topological polar surface area (TPSA) is 91.2 Å². The lowest BCUT2D eigenvalue weighted by molar-refractivity contribution is -0.118. The van der Waals surface area contributed by atoms with Gasteiger partial charge in [0.2, 0.25) is 11.1 Å². The van der Waals surface area contributed by atoms with Crippen molar-refractivity contribution < 1.29 is 14.3 Å². The largest absolute Gasteiger partial charge is 0.486 e. The number of carbonyl (C=O) groups excluding carboxylic acids is 1. The van der Waals surface area contributed by atoms with Crippen LogP contribution in [0.2, 0.25) is 0 Å². The summed E-state index contributed by atoms with van der Waals surface area (Å²) < 4.78 is 13.1. The van der Waals surface area contributed by atoms with Crippen LogP contribution in [0.1, 0.15) is 36.8 Å². The van der Waals surface area contributed by atoms with Gasteiger partial charge in [-0.3, -0.25) is 4.79 Å². The van der Waals surface area contributed by atoms with Crippen LogP contribution < -0.4 is 14.8 Å². The Morgan fingerprint density at radius 1 is 1.09 bits per heavy atom. The maximum absolute atomic E-state index is 12.7. The Morgan fingerprint density at radius 2 is 1.85 bits per heavy atom. The van der Waals surface area contributed by atoms with E-state index in [1.165, 1.54) is 22.9 Å². The summed E-state index contributed by atoms with van der Waals surface area (Å²) in [6, 6.07) is 14.2. The number of thioether (sulfide) groups is 1. The first-order valence-corrected chi connectivity index (χ1v) is 12.3. The van der Waals surface area contributed by atoms with Crippen molar-refractivity contribution in [3.63, 3.8) is 0 Å². The Bertz CT molecular complexity index is 1130. The summed E-state index contributed by atoms with van der Waals surface area (Å²) >= 11 is 1.33. The Labute approximate surface area is 197 Å². The maximum atomic E-state index is 12.7. The Balaban J connectivity index is 1.22. The molecule has 0 spiro atoms. The molecule has 1 amide bonds. The van der Waals surface area contributed by atoms with Gasteiger partial charge in [-0.05, 0) is 60.0 Å². The minimum absolute atomic E-state index is 0.0257. The van der Waals surface area contributed by atoms with Crippen LogP contribution in [0.3, 0.4) is 0 Å². The number of aromatic nitrogens is 4. The molecule has 3 aromatic rings. The van der Waals surface area contributed by atoms with Gasteiger partial charge in [-0.15, -0.1) is 5.10 Å². The van der Waals surface area contributed by atoms with Crippen molar-refractivity contribution in [1.29, 1.82) is 0 Å². The van der Waals surface area contributed by atoms with Crippen molar-refractivity contribution in [3.8, 4) is 17.2 Å². The van der Waals surface area contributed by atoms with Crippen molar-refractivity contribution in [1.82, 2.24) is 25.5 Å². The molecule has 1 aliphatic heterocycles. The minimum Gasteiger partial charge on any atom is -0.486 e. The van der Waals surface area contributed by atoms with Crippen LogP contribution in [0.4, 0.5) is 0 Å². The number of fused-ring (bicyclic) bond motifs is 1. The van der Waals surface area contributed by atoms with Gasteiger partial charge in [-0.1, -0.05) is 48.4 Å². The number of amides is 1. The van der Waals surface area contributed by atoms with E-state index in [0.717, 1.165) is 42.9 Å². The number of tetrazole rings is 1. The molecule has 33 heavy (non-hydrogen) atoms. The molecule has 1 saturated carbocycles. The molecule has 1 aromatic heterocycles. The third-order valence-electron chi connectivity index (χ3n) is 6.39. The molecular weight excluding hydrogens is 438 g/mol. The van der Waals surface area contributed by atoms with Gasteiger partial charge in [0.1, 0.15) is 13.2 Å². The van der Waals surface area contributed by atoms with Gasteiger partial charge in [0, 0.05) is 12.0 Å². The Hall–Kier alpha value is -3.07. The number of nitrogens with zero attached hydrogens (tertiary/aromatic N) is 4. The minimum atomic E-state index is -0.0698. The van der Waals surface area contributed by atoms with Crippen LogP contribution in [-0.2, 0) is 10.2 Å². The fraction of sp³-hybridized carbons (Fsp3) is 0.417. The first kappa shape index (κ1) is 21.8. The highest BCUT2D eigenvalue weighted by Crippen LogP contribution is 2.43. The van der Waals surface area contributed by atoms with Gasteiger partial charge in [0.05, 0.1) is 11.4 Å². The summed E-state index contributed by atoms with van der Waals surface area (Å²) in [6.07, 6.45) is 4.41. The van der Waals surface area contributed by atoms with Crippen molar-refractivity contribution in [2.45, 2.75) is 43.2 Å². The zero-order valence-electron chi connectivity index (χ0n) is 18.6. The second-order valence-corrected chi connectivity index (χ2v) is 9.56. The number of ether oxygens (including phenoxy) is 2. The average molecular weight is 466 g/mol. The van der Waals surface area contributed by atoms with Crippen molar-refractivity contribution in [2.24, 2.45) is 0 Å². The Morgan fingerprint density at radius 3 is 2.64 bits per heavy atom. The first-order chi connectivity index (χ1) is 16.1. The summed E-state index contributed by atoms with van der Waals surface area (Å²) in [7, 11) is 0. The van der Waals surface area contributed by atoms with E-state index in [0.29, 0.717) is 24.9 Å². The highest BCUT2D eigenvalue weighted by molar-refractivity contribution is 7.99. The second kappa shape index (κ2) is 9.43. The molecule has 0 unspecified atom stereocenters. The predicted molar refractivity (Wildman–Crippen MR) is 125 cm³/mol. The van der Waals surface area contributed by atoms with Crippen LogP contribution in [0.25, 0.3) is 5.69 Å². The summed E-state index contributed by atoms with van der Waals surface area (Å²) in [5, 5.41) is 15.7. The highest BCUT2D eigenvalue weighted by atomic mass is 32.2. The van der Waals surface area contributed by atoms with Crippen LogP contribution >= 0.6 is 11.8 Å². The summed E-state index contributed by atoms with van der Waals surface area (Å²) in [5.74, 6) is 1.82. The van der Waals surface area contributed by atoms with E-state index in [1.807, 2.05) is 37.3 Å². The zero-order valence-corrected chi connectivity index (χ0v) is 19.4. The lowest BCUT2D eigenvalue weighted by atomic mass is 9.78. The molecule has 172 valence electrons. The lowest BCUT2D eigenvalue weighted by Crippen LogP contribution is -2.39. The third-order valence-corrected chi connectivity index (χ3v) is 7.31. The summed E-state index contributed by atoms with van der Waals surface area (Å²) in [5.41, 5.74) is 3.18. The van der Waals surface area contributed by atoms with Crippen molar-refractivity contribution in [2.75, 3.05) is 25.5 Å². The zero-order chi connectivity index (χ0) is 22.7. The third kappa shape index (κ3) is 4.68. The smallest absolute Gasteiger partial charge is 0.230 e. The summed E-state index contributed by atoms with van der Waals surface area (Å²) in [4.78, 5) is 12.7. The molecule has 0 radical (unpaired) electrons. The molecule has 0 atom stereocenters. The van der Waals surface area contributed by atoms with Crippen LogP contribution in [0, 0.1) is 6.92 Å². The molecule has 2 aliphatic rings. The molecule has 2 aromatic carbocycles. The molecular formula is C24H27N5O3S. The first-order valence-electron chi connectivity index (χ1n) is 11.3.